The van der Waals surface area contributed by atoms with E-state index in [1.54, 1.807) is 12.4 Å². The van der Waals surface area contributed by atoms with E-state index < -0.39 is 5.54 Å². The van der Waals surface area contributed by atoms with Gasteiger partial charge in [-0.3, -0.25) is 4.98 Å². The first-order valence-corrected chi connectivity index (χ1v) is 9.13. The molecule has 5 nitrogen and oxygen atoms in total. The van der Waals surface area contributed by atoms with E-state index in [2.05, 4.69) is 4.98 Å². The van der Waals surface area contributed by atoms with Gasteiger partial charge in [0, 0.05) is 24.4 Å². The molecule has 0 aliphatic carbocycles. The zero-order chi connectivity index (χ0) is 19.2. The molecular formula is C23H20N2O3. The molecule has 1 aliphatic heterocycles. The minimum Gasteiger partial charge on any atom is -0.474 e. The van der Waals surface area contributed by atoms with E-state index in [1.807, 2.05) is 72.8 Å². The third kappa shape index (κ3) is 3.93. The fourth-order valence-electron chi connectivity index (χ4n) is 3.14. The van der Waals surface area contributed by atoms with Crippen LogP contribution in [-0.4, -0.2) is 29.0 Å². The van der Waals surface area contributed by atoms with Crippen molar-refractivity contribution in [2.24, 2.45) is 4.99 Å². The van der Waals surface area contributed by atoms with Gasteiger partial charge in [0.15, 0.2) is 5.54 Å². The molecule has 1 atom stereocenters. The number of pyridine rings is 1. The van der Waals surface area contributed by atoms with Crippen molar-refractivity contribution >= 4 is 11.9 Å². The fraction of sp³-hybridized carbons (Fsp3) is 0.174. The summed E-state index contributed by atoms with van der Waals surface area (Å²) in [6.45, 7) is 0.348. The highest BCUT2D eigenvalue weighted by Crippen LogP contribution is 2.28. The van der Waals surface area contributed by atoms with Gasteiger partial charge in [0.1, 0.15) is 13.2 Å². The van der Waals surface area contributed by atoms with Crippen LogP contribution in [0.15, 0.2) is 90.2 Å². The first-order chi connectivity index (χ1) is 13.8. The van der Waals surface area contributed by atoms with Crippen molar-refractivity contribution in [2.75, 3.05) is 6.61 Å². The van der Waals surface area contributed by atoms with Crippen LogP contribution >= 0.6 is 0 Å². The van der Waals surface area contributed by atoms with Gasteiger partial charge in [-0.2, -0.15) is 0 Å². The third-order valence-corrected chi connectivity index (χ3v) is 4.62. The molecule has 28 heavy (non-hydrogen) atoms. The predicted octanol–water partition coefficient (Wildman–Crippen LogP) is 3.58. The molecular weight excluding hydrogens is 352 g/mol. The van der Waals surface area contributed by atoms with Crippen LogP contribution in [-0.2, 0) is 27.3 Å². The highest BCUT2D eigenvalue weighted by Gasteiger charge is 2.46. The average Bonchev–Trinajstić information content (AvgIpc) is 3.19. The Hall–Kier alpha value is -3.47. The second kappa shape index (κ2) is 8.05. The van der Waals surface area contributed by atoms with Crippen LogP contribution in [0.25, 0.3) is 0 Å². The summed E-state index contributed by atoms with van der Waals surface area (Å²) in [5.41, 5.74) is 1.62. The summed E-state index contributed by atoms with van der Waals surface area (Å²) >= 11 is 0. The van der Waals surface area contributed by atoms with Gasteiger partial charge in [0.25, 0.3) is 0 Å². The molecule has 0 saturated carbocycles. The van der Waals surface area contributed by atoms with Crippen molar-refractivity contribution in [2.45, 2.75) is 18.6 Å². The summed E-state index contributed by atoms with van der Waals surface area (Å²) in [4.78, 5) is 21.8. The Morgan fingerprint density at radius 3 is 2.32 bits per heavy atom. The first kappa shape index (κ1) is 17.9. The van der Waals surface area contributed by atoms with E-state index in [4.69, 9.17) is 14.5 Å². The van der Waals surface area contributed by atoms with Gasteiger partial charge in [-0.25, -0.2) is 9.79 Å². The molecule has 2 heterocycles. The van der Waals surface area contributed by atoms with E-state index >= 15 is 0 Å². The molecule has 2 aromatic carbocycles. The average molecular weight is 372 g/mol. The van der Waals surface area contributed by atoms with Gasteiger partial charge >= 0.3 is 5.97 Å². The number of nitrogens with zero attached hydrogens (tertiary/aromatic N) is 2. The largest absolute Gasteiger partial charge is 0.474 e. The Morgan fingerprint density at radius 2 is 1.61 bits per heavy atom. The number of benzene rings is 2. The molecule has 4 rings (SSSR count). The molecule has 1 aromatic heterocycles. The molecule has 1 aliphatic rings. The van der Waals surface area contributed by atoms with Crippen molar-refractivity contribution in [3.05, 3.63) is 102 Å². The summed E-state index contributed by atoms with van der Waals surface area (Å²) < 4.78 is 11.5. The van der Waals surface area contributed by atoms with Gasteiger partial charge in [-0.15, -0.1) is 0 Å². The topological polar surface area (TPSA) is 60.8 Å². The van der Waals surface area contributed by atoms with Crippen LogP contribution in [0.1, 0.15) is 16.7 Å². The van der Waals surface area contributed by atoms with Gasteiger partial charge in [0.05, 0.1) is 0 Å². The highest BCUT2D eigenvalue weighted by molar-refractivity contribution is 5.99. The molecule has 0 N–H and O–H groups in total. The predicted molar refractivity (Wildman–Crippen MR) is 106 cm³/mol. The van der Waals surface area contributed by atoms with Crippen molar-refractivity contribution in [3.63, 3.8) is 0 Å². The molecule has 0 bridgehead atoms. The van der Waals surface area contributed by atoms with Crippen LogP contribution in [0.5, 0.6) is 0 Å². The number of carbonyl (C=O) groups excluding carboxylic acids is 1. The fourth-order valence-corrected chi connectivity index (χ4v) is 3.14. The van der Waals surface area contributed by atoms with E-state index in [0.717, 1.165) is 16.7 Å². The van der Waals surface area contributed by atoms with Crippen molar-refractivity contribution < 1.29 is 14.3 Å². The van der Waals surface area contributed by atoms with Gasteiger partial charge in [-0.1, -0.05) is 48.5 Å². The molecule has 1 unspecified atom stereocenters. The Bertz CT molecular complexity index is 959. The standard InChI is InChI=1S/C23H20N2O3/c26-22(27-16-19-7-3-1-4-8-19)23(15-18-11-13-24-14-12-18)17-28-21(25-23)20-9-5-2-6-10-20/h1-14H,15-17H2. The number of aromatic nitrogens is 1. The second-order valence-corrected chi connectivity index (χ2v) is 6.70. The third-order valence-electron chi connectivity index (χ3n) is 4.62. The number of rotatable bonds is 6. The molecule has 140 valence electrons. The number of aliphatic imine (C=N–C) groups is 1. The molecule has 3 aromatic rings. The molecule has 0 saturated heterocycles. The zero-order valence-corrected chi connectivity index (χ0v) is 15.3. The molecule has 0 amide bonds. The smallest absolute Gasteiger partial charge is 0.338 e. The monoisotopic (exact) mass is 372 g/mol. The lowest BCUT2D eigenvalue weighted by Crippen LogP contribution is -2.42. The van der Waals surface area contributed by atoms with Crippen LogP contribution in [0.4, 0.5) is 0 Å². The normalized spacial score (nSPS) is 18.2. The van der Waals surface area contributed by atoms with E-state index in [-0.39, 0.29) is 19.2 Å². The van der Waals surface area contributed by atoms with Crippen molar-refractivity contribution in [3.8, 4) is 0 Å². The van der Waals surface area contributed by atoms with Crippen LogP contribution in [0, 0.1) is 0 Å². The van der Waals surface area contributed by atoms with Crippen LogP contribution < -0.4 is 0 Å². The van der Waals surface area contributed by atoms with Gasteiger partial charge < -0.3 is 9.47 Å². The number of esters is 1. The van der Waals surface area contributed by atoms with Crippen molar-refractivity contribution in [1.82, 2.24) is 4.98 Å². The zero-order valence-electron chi connectivity index (χ0n) is 15.3. The quantitative estimate of drug-likeness (QED) is 0.621. The Balaban J connectivity index is 1.60. The second-order valence-electron chi connectivity index (χ2n) is 6.70. The lowest BCUT2D eigenvalue weighted by Gasteiger charge is -2.22. The number of ether oxygens (including phenoxy) is 2. The summed E-state index contributed by atoms with van der Waals surface area (Å²) in [7, 11) is 0. The maximum Gasteiger partial charge on any atom is 0.338 e. The molecule has 0 radical (unpaired) electrons. The molecule has 5 heteroatoms. The van der Waals surface area contributed by atoms with Crippen molar-refractivity contribution in [1.29, 1.82) is 0 Å². The number of hydrogen-bond acceptors (Lipinski definition) is 5. The maximum absolute atomic E-state index is 13.1. The Morgan fingerprint density at radius 1 is 0.929 bits per heavy atom. The lowest BCUT2D eigenvalue weighted by molar-refractivity contribution is -0.151. The van der Waals surface area contributed by atoms with E-state index in [0.29, 0.717) is 12.3 Å². The SMILES string of the molecule is O=C(OCc1ccccc1)C1(Cc2ccncc2)COC(c2ccccc2)=N1. The molecule has 0 spiro atoms. The van der Waals surface area contributed by atoms with Crippen LogP contribution in [0.3, 0.4) is 0 Å². The maximum atomic E-state index is 13.1. The summed E-state index contributed by atoms with van der Waals surface area (Å²) in [6.07, 6.45) is 3.80. The Kier molecular flexibility index (Phi) is 5.15. The summed E-state index contributed by atoms with van der Waals surface area (Å²) in [6, 6.07) is 22.9. The van der Waals surface area contributed by atoms with Crippen LogP contribution in [0.2, 0.25) is 0 Å². The van der Waals surface area contributed by atoms with Gasteiger partial charge in [-0.05, 0) is 35.4 Å². The lowest BCUT2D eigenvalue weighted by atomic mass is 9.93. The van der Waals surface area contributed by atoms with E-state index in [9.17, 15) is 4.79 Å². The minimum atomic E-state index is -1.11. The molecule has 0 fully saturated rings. The summed E-state index contributed by atoms with van der Waals surface area (Å²) in [5, 5.41) is 0. The minimum absolute atomic E-state index is 0.146. The Labute approximate surface area is 163 Å². The first-order valence-electron chi connectivity index (χ1n) is 9.13. The van der Waals surface area contributed by atoms with Gasteiger partial charge in [0.2, 0.25) is 5.90 Å². The number of carbonyl (C=O) groups is 1. The number of hydrogen-bond donors (Lipinski definition) is 0. The highest BCUT2D eigenvalue weighted by atomic mass is 16.5. The summed E-state index contributed by atoms with van der Waals surface area (Å²) in [5.74, 6) is 0.0745. The van der Waals surface area contributed by atoms with E-state index in [1.165, 1.54) is 0 Å².